The molecule has 0 aliphatic heterocycles. The minimum absolute atomic E-state index is 0.791. The number of hydrogen-bond acceptors (Lipinski definition) is 1. The standard InChI is InChI=1S/C29H21N2P/c1-3-13-25(14-4-1)32(26-15-5-2-6-16-26)29-30-18-19-31(29)28-17-9-12-24-20-22-10-7-8-11-23(22)21-27(24)28/h1-21H. The van der Waals surface area contributed by atoms with Crippen LogP contribution in [0.25, 0.3) is 27.2 Å². The van der Waals surface area contributed by atoms with E-state index in [1.165, 1.54) is 37.8 Å². The maximum Gasteiger partial charge on any atom is 0.145 e. The molecule has 32 heavy (non-hydrogen) atoms. The topological polar surface area (TPSA) is 17.8 Å². The second kappa shape index (κ2) is 8.07. The average Bonchev–Trinajstić information content (AvgIpc) is 3.33. The summed E-state index contributed by atoms with van der Waals surface area (Å²) in [4.78, 5) is 4.91. The van der Waals surface area contributed by atoms with Crippen molar-refractivity contribution in [3.8, 4) is 5.69 Å². The zero-order chi connectivity index (χ0) is 21.3. The molecule has 0 saturated carbocycles. The van der Waals surface area contributed by atoms with Crippen LogP contribution in [0.1, 0.15) is 0 Å². The number of fused-ring (bicyclic) bond motifs is 2. The number of aromatic nitrogens is 2. The lowest BCUT2D eigenvalue weighted by atomic mass is 10.0. The van der Waals surface area contributed by atoms with Gasteiger partial charge in [-0.15, -0.1) is 0 Å². The zero-order valence-electron chi connectivity index (χ0n) is 17.5. The van der Waals surface area contributed by atoms with Crippen LogP contribution in [0.3, 0.4) is 0 Å². The average molecular weight is 428 g/mol. The van der Waals surface area contributed by atoms with Gasteiger partial charge in [0.1, 0.15) is 5.57 Å². The van der Waals surface area contributed by atoms with Crippen LogP contribution in [0.4, 0.5) is 0 Å². The van der Waals surface area contributed by atoms with Gasteiger partial charge in [0.15, 0.2) is 0 Å². The van der Waals surface area contributed by atoms with Gasteiger partial charge in [-0.1, -0.05) is 97.1 Å². The lowest BCUT2D eigenvalue weighted by Crippen LogP contribution is -2.27. The molecule has 0 N–H and O–H groups in total. The van der Waals surface area contributed by atoms with Crippen molar-refractivity contribution in [3.05, 3.63) is 128 Å². The Morgan fingerprint density at radius 2 is 1.16 bits per heavy atom. The minimum atomic E-state index is -0.791. The van der Waals surface area contributed by atoms with Gasteiger partial charge in [-0.25, -0.2) is 4.98 Å². The normalized spacial score (nSPS) is 11.4. The first-order valence-electron chi connectivity index (χ1n) is 10.7. The Labute approximate surface area is 188 Å². The van der Waals surface area contributed by atoms with E-state index < -0.39 is 7.92 Å². The second-order valence-electron chi connectivity index (χ2n) is 7.80. The molecule has 5 aromatic carbocycles. The maximum absolute atomic E-state index is 4.91. The van der Waals surface area contributed by atoms with Crippen LogP contribution < -0.4 is 16.2 Å². The molecule has 152 valence electrons. The highest BCUT2D eigenvalue weighted by atomic mass is 31.1. The molecular weight excluding hydrogens is 407 g/mol. The first kappa shape index (κ1) is 19.0. The summed E-state index contributed by atoms with van der Waals surface area (Å²) >= 11 is 0. The zero-order valence-corrected chi connectivity index (χ0v) is 18.4. The van der Waals surface area contributed by atoms with Crippen molar-refractivity contribution in [2.75, 3.05) is 0 Å². The first-order valence-corrected chi connectivity index (χ1v) is 12.1. The van der Waals surface area contributed by atoms with Crippen LogP contribution in [-0.2, 0) is 0 Å². The van der Waals surface area contributed by atoms with Gasteiger partial charge >= 0.3 is 0 Å². The predicted molar refractivity (Wildman–Crippen MR) is 137 cm³/mol. The molecule has 0 radical (unpaired) electrons. The van der Waals surface area contributed by atoms with E-state index in [-0.39, 0.29) is 0 Å². The largest absolute Gasteiger partial charge is 0.299 e. The van der Waals surface area contributed by atoms with Gasteiger partial charge < -0.3 is 0 Å². The third kappa shape index (κ3) is 3.30. The smallest absolute Gasteiger partial charge is 0.145 e. The Bertz CT molecular complexity index is 1480. The number of hydrogen-bond donors (Lipinski definition) is 0. The molecule has 0 aliphatic carbocycles. The van der Waals surface area contributed by atoms with Gasteiger partial charge in [-0.2, -0.15) is 0 Å². The van der Waals surface area contributed by atoms with Crippen molar-refractivity contribution in [2.24, 2.45) is 0 Å². The Hall–Kier alpha value is -3.74. The van der Waals surface area contributed by atoms with Crippen LogP contribution in [0.2, 0.25) is 0 Å². The fourth-order valence-electron chi connectivity index (χ4n) is 4.34. The summed E-state index contributed by atoms with van der Waals surface area (Å²) in [5.74, 6) is 0. The van der Waals surface area contributed by atoms with Crippen molar-refractivity contribution < 1.29 is 0 Å². The molecule has 0 bridgehead atoms. The van der Waals surface area contributed by atoms with Crippen LogP contribution >= 0.6 is 7.92 Å². The van der Waals surface area contributed by atoms with Crippen molar-refractivity contribution >= 4 is 45.6 Å². The van der Waals surface area contributed by atoms with Crippen LogP contribution in [0.15, 0.2) is 128 Å². The number of nitrogens with zero attached hydrogens (tertiary/aromatic N) is 2. The van der Waals surface area contributed by atoms with Gasteiger partial charge in [0.25, 0.3) is 0 Å². The molecular formula is C29H21N2P. The van der Waals surface area contributed by atoms with E-state index in [4.69, 9.17) is 4.98 Å². The summed E-state index contributed by atoms with van der Waals surface area (Å²) in [5.41, 5.74) is 2.25. The molecule has 1 aromatic heterocycles. The van der Waals surface area contributed by atoms with Crippen LogP contribution in [0, 0.1) is 0 Å². The number of imidazole rings is 1. The predicted octanol–water partition coefficient (Wildman–Crippen LogP) is 5.94. The highest BCUT2D eigenvalue weighted by molar-refractivity contribution is 7.79. The monoisotopic (exact) mass is 428 g/mol. The van der Waals surface area contributed by atoms with E-state index >= 15 is 0 Å². The maximum atomic E-state index is 4.91. The van der Waals surface area contributed by atoms with Gasteiger partial charge in [-0.3, -0.25) is 4.57 Å². The highest BCUT2D eigenvalue weighted by Crippen LogP contribution is 2.34. The summed E-state index contributed by atoms with van der Waals surface area (Å²) in [7, 11) is -0.791. The molecule has 0 amide bonds. The van der Waals surface area contributed by atoms with Gasteiger partial charge in [0, 0.05) is 25.7 Å². The van der Waals surface area contributed by atoms with E-state index in [2.05, 4.69) is 126 Å². The van der Waals surface area contributed by atoms with E-state index in [9.17, 15) is 0 Å². The molecule has 6 rings (SSSR count). The molecule has 0 spiro atoms. The molecule has 0 saturated heterocycles. The minimum Gasteiger partial charge on any atom is -0.299 e. The van der Waals surface area contributed by atoms with Crippen LogP contribution in [0.5, 0.6) is 0 Å². The summed E-state index contributed by atoms with van der Waals surface area (Å²) in [6.45, 7) is 0. The lowest BCUT2D eigenvalue weighted by molar-refractivity contribution is 1.12. The van der Waals surface area contributed by atoms with Gasteiger partial charge in [0.05, 0.1) is 5.69 Å². The fourth-order valence-corrected chi connectivity index (χ4v) is 6.62. The quantitative estimate of drug-likeness (QED) is 0.251. The van der Waals surface area contributed by atoms with Crippen molar-refractivity contribution in [1.29, 1.82) is 0 Å². The molecule has 3 heteroatoms. The third-order valence-electron chi connectivity index (χ3n) is 5.83. The number of benzene rings is 5. The number of rotatable bonds is 4. The van der Waals surface area contributed by atoms with Crippen molar-refractivity contribution in [2.45, 2.75) is 0 Å². The van der Waals surface area contributed by atoms with Crippen molar-refractivity contribution in [1.82, 2.24) is 9.55 Å². The molecule has 0 fully saturated rings. The Kier molecular flexibility index (Phi) is 4.79. The fraction of sp³-hybridized carbons (Fsp3) is 0. The molecule has 0 unspecified atom stereocenters. The van der Waals surface area contributed by atoms with Gasteiger partial charge in [0.2, 0.25) is 0 Å². The SMILES string of the molecule is c1ccc(P(c2ccccc2)c2nccn2-c2cccc3cc4ccccc4cc23)cc1. The lowest BCUT2D eigenvalue weighted by Gasteiger charge is -2.20. The van der Waals surface area contributed by atoms with E-state index in [0.29, 0.717) is 0 Å². The summed E-state index contributed by atoms with van der Waals surface area (Å²) < 4.78 is 2.28. The molecule has 0 aliphatic rings. The second-order valence-corrected chi connectivity index (χ2v) is 9.91. The molecule has 2 nitrogen and oxygen atoms in total. The van der Waals surface area contributed by atoms with E-state index in [0.717, 1.165) is 5.57 Å². The molecule has 6 aromatic rings. The third-order valence-corrected chi connectivity index (χ3v) is 8.19. The summed E-state index contributed by atoms with van der Waals surface area (Å²) in [5, 5.41) is 7.59. The Morgan fingerprint density at radius 1 is 0.562 bits per heavy atom. The van der Waals surface area contributed by atoms with Crippen molar-refractivity contribution in [3.63, 3.8) is 0 Å². The van der Waals surface area contributed by atoms with Crippen LogP contribution in [-0.4, -0.2) is 9.55 Å². The summed E-state index contributed by atoms with van der Waals surface area (Å²) in [6, 6.07) is 41.1. The Morgan fingerprint density at radius 3 is 1.84 bits per heavy atom. The van der Waals surface area contributed by atoms with E-state index in [1.807, 2.05) is 6.20 Å². The molecule has 0 atom stereocenters. The summed E-state index contributed by atoms with van der Waals surface area (Å²) in [6.07, 6.45) is 4.02. The highest BCUT2D eigenvalue weighted by Gasteiger charge is 2.22. The van der Waals surface area contributed by atoms with Gasteiger partial charge in [-0.05, 0) is 45.0 Å². The Balaban J connectivity index is 1.59. The van der Waals surface area contributed by atoms with E-state index in [1.54, 1.807) is 0 Å². The first-order chi connectivity index (χ1) is 15.9. The molecule has 1 heterocycles.